The van der Waals surface area contributed by atoms with Crippen molar-refractivity contribution in [2.45, 2.75) is 39.2 Å². The lowest BCUT2D eigenvalue weighted by molar-refractivity contribution is 0.131. The highest BCUT2D eigenvalue weighted by molar-refractivity contribution is 6.18. The maximum absolute atomic E-state index is 5.73. The van der Waals surface area contributed by atoms with Gasteiger partial charge in [-0.3, -0.25) is 0 Å². The molecule has 0 aliphatic rings. The average Bonchev–Trinajstić information content (AvgIpc) is 2.17. The zero-order chi connectivity index (χ0) is 9.94. The number of unbranched alkanes of at least 4 members (excludes halogenated alkanes) is 1. The third-order valence-electron chi connectivity index (χ3n) is 2.00. The molecule has 0 aromatic heterocycles. The Balaban J connectivity index is 3.05. The number of hydrogen-bond acceptors (Lipinski definition) is 2. The Morgan fingerprint density at radius 2 is 2.08 bits per heavy atom. The lowest BCUT2D eigenvalue weighted by atomic mass is 10.2. The van der Waals surface area contributed by atoms with Gasteiger partial charge in [0.2, 0.25) is 0 Å². The molecular weight excluding hydrogens is 186 g/mol. The normalized spacial score (nSPS) is 13.2. The van der Waals surface area contributed by atoms with Crippen LogP contribution in [0.25, 0.3) is 0 Å². The van der Waals surface area contributed by atoms with Crippen LogP contribution < -0.4 is 5.32 Å². The number of alkyl halides is 1. The van der Waals surface area contributed by atoms with Gasteiger partial charge in [-0.15, -0.1) is 11.6 Å². The van der Waals surface area contributed by atoms with E-state index in [0.29, 0.717) is 11.9 Å². The van der Waals surface area contributed by atoms with Crippen LogP contribution in [-0.2, 0) is 4.74 Å². The minimum absolute atomic E-state index is 0.441. The predicted octanol–water partition coefficient (Wildman–Crippen LogP) is 2.41. The van der Waals surface area contributed by atoms with Crippen LogP contribution >= 0.6 is 11.6 Å². The van der Waals surface area contributed by atoms with Crippen molar-refractivity contribution in [3.63, 3.8) is 0 Å². The third-order valence-corrected chi connectivity index (χ3v) is 2.37. The summed E-state index contributed by atoms with van der Waals surface area (Å²) in [6.45, 7) is 6.90. The maximum Gasteiger partial charge on any atom is 0.0591 e. The largest absolute Gasteiger partial charge is 0.380 e. The molecule has 0 spiro atoms. The monoisotopic (exact) mass is 207 g/mol. The minimum Gasteiger partial charge on any atom is -0.380 e. The second kappa shape index (κ2) is 10.3. The number of ether oxygens (including phenoxy) is 1. The molecule has 0 aromatic rings. The summed E-state index contributed by atoms with van der Waals surface area (Å²) in [7, 11) is 0. The van der Waals surface area contributed by atoms with Crippen LogP contribution in [0.3, 0.4) is 0 Å². The van der Waals surface area contributed by atoms with E-state index in [4.69, 9.17) is 16.3 Å². The van der Waals surface area contributed by atoms with Crippen LogP contribution in [0, 0.1) is 0 Å². The topological polar surface area (TPSA) is 21.3 Å². The number of nitrogens with one attached hydrogen (secondary N) is 1. The van der Waals surface area contributed by atoms with Crippen LogP contribution in [0.4, 0.5) is 0 Å². The van der Waals surface area contributed by atoms with E-state index in [-0.39, 0.29) is 0 Å². The first-order valence-electron chi connectivity index (χ1n) is 5.22. The van der Waals surface area contributed by atoms with Crippen LogP contribution in [-0.4, -0.2) is 31.7 Å². The Kier molecular flexibility index (Phi) is 10.5. The van der Waals surface area contributed by atoms with Crippen molar-refractivity contribution in [1.29, 1.82) is 0 Å². The molecule has 3 heteroatoms. The van der Waals surface area contributed by atoms with E-state index in [2.05, 4.69) is 19.2 Å². The molecule has 0 radical (unpaired) electrons. The van der Waals surface area contributed by atoms with Crippen LogP contribution in [0.1, 0.15) is 33.1 Å². The molecule has 0 aromatic carbocycles. The first-order valence-corrected chi connectivity index (χ1v) is 5.75. The standard InChI is InChI=1S/C10H22ClNO/c1-3-5-7-13-8-6-12-10(4-2)9-11/h10,12H,3-9H2,1-2H3. The molecule has 1 atom stereocenters. The van der Waals surface area contributed by atoms with Crippen LogP contribution in [0.5, 0.6) is 0 Å². The molecule has 0 fully saturated rings. The van der Waals surface area contributed by atoms with Gasteiger partial charge >= 0.3 is 0 Å². The summed E-state index contributed by atoms with van der Waals surface area (Å²) < 4.78 is 5.41. The Labute approximate surface area is 87.0 Å². The summed E-state index contributed by atoms with van der Waals surface area (Å²) in [6, 6.07) is 0.441. The second-order valence-corrected chi connectivity index (χ2v) is 3.49. The molecule has 0 rings (SSSR count). The molecule has 1 unspecified atom stereocenters. The van der Waals surface area contributed by atoms with Crippen molar-refractivity contribution in [2.24, 2.45) is 0 Å². The highest BCUT2D eigenvalue weighted by Gasteiger charge is 2.01. The van der Waals surface area contributed by atoms with E-state index in [1.165, 1.54) is 6.42 Å². The van der Waals surface area contributed by atoms with E-state index in [1.54, 1.807) is 0 Å². The van der Waals surface area contributed by atoms with E-state index in [9.17, 15) is 0 Å². The van der Waals surface area contributed by atoms with Gasteiger partial charge in [-0.25, -0.2) is 0 Å². The van der Waals surface area contributed by atoms with Crippen molar-refractivity contribution in [1.82, 2.24) is 5.32 Å². The van der Waals surface area contributed by atoms with Gasteiger partial charge in [-0.1, -0.05) is 20.3 Å². The van der Waals surface area contributed by atoms with E-state index >= 15 is 0 Å². The van der Waals surface area contributed by atoms with Crippen molar-refractivity contribution in [2.75, 3.05) is 25.6 Å². The summed E-state index contributed by atoms with van der Waals surface area (Å²) in [5, 5.41) is 3.34. The Morgan fingerprint density at radius 1 is 1.31 bits per heavy atom. The second-order valence-electron chi connectivity index (χ2n) is 3.18. The van der Waals surface area contributed by atoms with Crippen molar-refractivity contribution in [3.05, 3.63) is 0 Å². The van der Waals surface area contributed by atoms with Gasteiger partial charge in [-0.05, 0) is 12.8 Å². The summed E-state index contributed by atoms with van der Waals surface area (Å²) in [5.41, 5.74) is 0. The lowest BCUT2D eigenvalue weighted by Crippen LogP contribution is -2.32. The highest BCUT2D eigenvalue weighted by Crippen LogP contribution is 1.93. The molecule has 2 nitrogen and oxygen atoms in total. The summed E-state index contributed by atoms with van der Waals surface area (Å²) >= 11 is 5.73. The quantitative estimate of drug-likeness (QED) is 0.463. The molecule has 0 heterocycles. The molecule has 0 aliphatic heterocycles. The predicted molar refractivity (Wildman–Crippen MR) is 58.5 cm³/mol. The Hall–Kier alpha value is 0.210. The van der Waals surface area contributed by atoms with Crippen molar-refractivity contribution < 1.29 is 4.74 Å². The maximum atomic E-state index is 5.73. The molecular formula is C10H22ClNO. The number of halogens is 1. The Bertz CT molecular complexity index is 96.9. The summed E-state index contributed by atoms with van der Waals surface area (Å²) in [4.78, 5) is 0. The van der Waals surface area contributed by atoms with Gasteiger partial charge in [0.05, 0.1) is 6.61 Å². The molecule has 0 amide bonds. The number of rotatable bonds is 9. The molecule has 1 N–H and O–H groups in total. The fourth-order valence-corrected chi connectivity index (χ4v) is 1.32. The first kappa shape index (κ1) is 13.2. The first-order chi connectivity index (χ1) is 6.35. The summed E-state index contributed by atoms with van der Waals surface area (Å²) in [5.74, 6) is 0.686. The highest BCUT2D eigenvalue weighted by atomic mass is 35.5. The van der Waals surface area contributed by atoms with Crippen molar-refractivity contribution in [3.8, 4) is 0 Å². The smallest absolute Gasteiger partial charge is 0.0591 e. The number of hydrogen-bond donors (Lipinski definition) is 1. The molecule has 0 bridgehead atoms. The fraction of sp³-hybridized carbons (Fsp3) is 1.00. The molecule has 13 heavy (non-hydrogen) atoms. The van der Waals surface area contributed by atoms with Crippen molar-refractivity contribution >= 4 is 11.6 Å². The fourth-order valence-electron chi connectivity index (χ4n) is 0.992. The Morgan fingerprint density at radius 3 is 2.62 bits per heavy atom. The average molecular weight is 208 g/mol. The zero-order valence-corrected chi connectivity index (χ0v) is 9.57. The SMILES string of the molecule is CCCCOCCNC(CC)CCl. The zero-order valence-electron chi connectivity index (χ0n) is 8.81. The van der Waals surface area contributed by atoms with Crippen LogP contribution in [0.15, 0.2) is 0 Å². The van der Waals surface area contributed by atoms with Gasteiger partial charge in [0.25, 0.3) is 0 Å². The minimum atomic E-state index is 0.441. The molecule has 80 valence electrons. The molecule has 0 saturated carbocycles. The van der Waals surface area contributed by atoms with Crippen LogP contribution in [0.2, 0.25) is 0 Å². The third kappa shape index (κ3) is 8.54. The van der Waals surface area contributed by atoms with Gasteiger partial charge in [-0.2, -0.15) is 0 Å². The molecule has 0 saturated heterocycles. The van der Waals surface area contributed by atoms with E-state index in [1.807, 2.05) is 0 Å². The lowest BCUT2D eigenvalue weighted by Gasteiger charge is -2.13. The molecule has 0 aliphatic carbocycles. The van der Waals surface area contributed by atoms with Gasteiger partial charge in [0, 0.05) is 25.1 Å². The summed E-state index contributed by atoms with van der Waals surface area (Å²) in [6.07, 6.45) is 3.44. The van der Waals surface area contributed by atoms with Gasteiger partial charge in [0.1, 0.15) is 0 Å². The van der Waals surface area contributed by atoms with E-state index < -0.39 is 0 Å². The van der Waals surface area contributed by atoms with E-state index in [0.717, 1.165) is 32.6 Å². The van der Waals surface area contributed by atoms with Gasteiger partial charge < -0.3 is 10.1 Å². The van der Waals surface area contributed by atoms with Gasteiger partial charge in [0.15, 0.2) is 0 Å².